The summed E-state index contributed by atoms with van der Waals surface area (Å²) in [7, 11) is 1.36. The molecule has 1 amide bonds. The van der Waals surface area contributed by atoms with Crippen LogP contribution in [-0.4, -0.2) is 28.8 Å². The van der Waals surface area contributed by atoms with Gasteiger partial charge in [-0.25, -0.2) is 4.79 Å². The molecule has 7 heteroatoms. The standard InChI is InChI=1S/C31H33N3O4/c1-20(2)24-13-15-27(16-14-24)38-19-23-9-8-11-25(17-23)30(35)32-29-21(3)33-34(22(29)4)18-26-10-6-7-12-28(26)31(36)37-5/h6-17,20H,18-19H2,1-5H3,(H,32,35). The highest BCUT2D eigenvalue weighted by Crippen LogP contribution is 2.23. The predicted octanol–water partition coefficient (Wildman–Crippen LogP) is 6.29. The molecule has 0 saturated heterocycles. The van der Waals surface area contributed by atoms with E-state index >= 15 is 0 Å². The predicted molar refractivity (Wildman–Crippen MR) is 148 cm³/mol. The fourth-order valence-corrected chi connectivity index (χ4v) is 4.26. The van der Waals surface area contributed by atoms with Crippen LogP contribution in [0.25, 0.3) is 0 Å². The molecule has 0 atom stereocenters. The van der Waals surface area contributed by atoms with E-state index in [1.165, 1.54) is 12.7 Å². The molecule has 7 nitrogen and oxygen atoms in total. The number of aromatic nitrogens is 2. The second-order valence-corrected chi connectivity index (χ2v) is 9.52. The van der Waals surface area contributed by atoms with E-state index in [0.29, 0.717) is 41.6 Å². The van der Waals surface area contributed by atoms with Crippen molar-refractivity contribution in [3.8, 4) is 5.75 Å². The van der Waals surface area contributed by atoms with Gasteiger partial charge >= 0.3 is 5.97 Å². The summed E-state index contributed by atoms with van der Waals surface area (Å²) in [6, 6.07) is 22.7. The summed E-state index contributed by atoms with van der Waals surface area (Å²) < 4.78 is 12.6. The van der Waals surface area contributed by atoms with Crippen molar-refractivity contribution in [1.29, 1.82) is 0 Å². The van der Waals surface area contributed by atoms with Gasteiger partial charge in [0.25, 0.3) is 5.91 Å². The van der Waals surface area contributed by atoms with Gasteiger partial charge in [-0.15, -0.1) is 0 Å². The number of esters is 1. The van der Waals surface area contributed by atoms with Crippen LogP contribution in [0.5, 0.6) is 5.75 Å². The smallest absolute Gasteiger partial charge is 0.338 e. The Morgan fingerprint density at radius 2 is 1.71 bits per heavy atom. The SMILES string of the molecule is COC(=O)c1ccccc1Cn1nc(C)c(NC(=O)c2cccc(COc3ccc(C(C)C)cc3)c2)c1C. The number of ether oxygens (including phenoxy) is 2. The molecule has 0 radical (unpaired) electrons. The monoisotopic (exact) mass is 511 g/mol. The molecule has 0 aliphatic carbocycles. The summed E-state index contributed by atoms with van der Waals surface area (Å²) >= 11 is 0. The Labute approximate surface area is 223 Å². The van der Waals surface area contributed by atoms with Crippen LogP contribution in [0.15, 0.2) is 72.8 Å². The van der Waals surface area contributed by atoms with E-state index in [2.05, 4.69) is 36.4 Å². The van der Waals surface area contributed by atoms with Crippen LogP contribution >= 0.6 is 0 Å². The van der Waals surface area contributed by atoms with Crippen molar-refractivity contribution in [3.63, 3.8) is 0 Å². The lowest BCUT2D eigenvalue weighted by molar-refractivity contribution is 0.0599. The van der Waals surface area contributed by atoms with Crippen LogP contribution < -0.4 is 10.1 Å². The zero-order valence-corrected chi connectivity index (χ0v) is 22.4. The molecule has 0 unspecified atom stereocenters. The first kappa shape index (κ1) is 26.7. The van der Waals surface area contributed by atoms with Crippen LogP contribution in [0, 0.1) is 13.8 Å². The summed E-state index contributed by atoms with van der Waals surface area (Å²) in [6.45, 7) is 8.79. The summed E-state index contributed by atoms with van der Waals surface area (Å²) in [5, 5.41) is 7.62. The molecule has 1 heterocycles. The first-order valence-electron chi connectivity index (χ1n) is 12.6. The lowest BCUT2D eigenvalue weighted by atomic mass is 10.0. The van der Waals surface area contributed by atoms with Crippen molar-refractivity contribution in [2.24, 2.45) is 0 Å². The third-order valence-corrected chi connectivity index (χ3v) is 6.50. The van der Waals surface area contributed by atoms with E-state index < -0.39 is 5.97 Å². The third-order valence-electron chi connectivity index (χ3n) is 6.50. The number of amides is 1. The highest BCUT2D eigenvalue weighted by atomic mass is 16.5. The molecule has 0 aliphatic heterocycles. The molecule has 38 heavy (non-hydrogen) atoms. The topological polar surface area (TPSA) is 82.5 Å². The fourth-order valence-electron chi connectivity index (χ4n) is 4.26. The lowest BCUT2D eigenvalue weighted by Gasteiger charge is -2.11. The molecular weight excluding hydrogens is 478 g/mol. The maximum atomic E-state index is 13.1. The van der Waals surface area contributed by atoms with Crippen molar-refractivity contribution in [2.75, 3.05) is 12.4 Å². The molecular formula is C31H33N3O4. The maximum absolute atomic E-state index is 13.1. The Bertz CT molecular complexity index is 1440. The van der Waals surface area contributed by atoms with Gasteiger partial charge in [0, 0.05) is 5.56 Å². The van der Waals surface area contributed by atoms with Crippen molar-refractivity contribution < 1.29 is 19.1 Å². The van der Waals surface area contributed by atoms with Gasteiger partial charge in [-0.3, -0.25) is 9.48 Å². The van der Waals surface area contributed by atoms with Crippen LogP contribution in [0.2, 0.25) is 0 Å². The average molecular weight is 512 g/mol. The lowest BCUT2D eigenvalue weighted by Crippen LogP contribution is -2.14. The Morgan fingerprint density at radius 3 is 2.42 bits per heavy atom. The van der Waals surface area contributed by atoms with Gasteiger partial charge in [-0.05, 0) is 66.8 Å². The number of rotatable bonds is 9. The highest BCUT2D eigenvalue weighted by molar-refractivity contribution is 6.05. The van der Waals surface area contributed by atoms with Crippen LogP contribution in [0.4, 0.5) is 5.69 Å². The molecule has 3 aromatic carbocycles. The maximum Gasteiger partial charge on any atom is 0.338 e. The number of anilines is 1. The van der Waals surface area contributed by atoms with Gasteiger partial charge in [0.1, 0.15) is 12.4 Å². The zero-order valence-electron chi connectivity index (χ0n) is 22.4. The van der Waals surface area contributed by atoms with Gasteiger partial charge < -0.3 is 14.8 Å². The summed E-state index contributed by atoms with van der Waals surface area (Å²) in [4.78, 5) is 25.3. The number of nitrogens with zero attached hydrogens (tertiary/aromatic N) is 2. The van der Waals surface area contributed by atoms with E-state index in [-0.39, 0.29) is 5.91 Å². The van der Waals surface area contributed by atoms with E-state index in [0.717, 1.165) is 22.6 Å². The Balaban J connectivity index is 1.45. The number of benzene rings is 3. The van der Waals surface area contributed by atoms with Gasteiger partial charge in [0.05, 0.1) is 36.3 Å². The second kappa shape index (κ2) is 11.8. The van der Waals surface area contributed by atoms with Gasteiger partial charge in [0.2, 0.25) is 0 Å². The molecule has 0 saturated carbocycles. The van der Waals surface area contributed by atoms with Crippen LogP contribution in [0.1, 0.15) is 68.6 Å². The molecule has 0 fully saturated rings. The molecule has 4 rings (SSSR count). The Hall–Kier alpha value is -4.39. The van der Waals surface area contributed by atoms with Crippen LogP contribution in [0.3, 0.4) is 0 Å². The first-order chi connectivity index (χ1) is 18.3. The summed E-state index contributed by atoms with van der Waals surface area (Å²) in [6.07, 6.45) is 0. The highest BCUT2D eigenvalue weighted by Gasteiger charge is 2.18. The average Bonchev–Trinajstić information content (AvgIpc) is 3.19. The van der Waals surface area contributed by atoms with Gasteiger partial charge in [-0.2, -0.15) is 5.10 Å². The van der Waals surface area contributed by atoms with Crippen LogP contribution in [-0.2, 0) is 17.9 Å². The number of methoxy groups -OCH3 is 1. The Kier molecular flexibility index (Phi) is 8.26. The fraction of sp³-hybridized carbons (Fsp3) is 0.258. The largest absolute Gasteiger partial charge is 0.489 e. The first-order valence-corrected chi connectivity index (χ1v) is 12.6. The van der Waals surface area contributed by atoms with Crippen molar-refractivity contribution in [3.05, 3.63) is 112 Å². The second-order valence-electron chi connectivity index (χ2n) is 9.52. The molecule has 0 spiro atoms. The van der Waals surface area contributed by atoms with Crippen molar-refractivity contribution in [2.45, 2.75) is 46.8 Å². The van der Waals surface area contributed by atoms with Crippen molar-refractivity contribution in [1.82, 2.24) is 9.78 Å². The number of hydrogen-bond acceptors (Lipinski definition) is 5. The minimum Gasteiger partial charge on any atom is -0.489 e. The Morgan fingerprint density at radius 1 is 0.974 bits per heavy atom. The number of hydrogen-bond donors (Lipinski definition) is 1. The molecule has 1 aromatic heterocycles. The minimum atomic E-state index is -0.396. The molecule has 1 N–H and O–H groups in total. The molecule has 0 aliphatic rings. The van der Waals surface area contributed by atoms with Gasteiger partial charge in [-0.1, -0.05) is 56.3 Å². The van der Waals surface area contributed by atoms with E-state index in [9.17, 15) is 9.59 Å². The minimum absolute atomic E-state index is 0.228. The van der Waals surface area contributed by atoms with E-state index in [1.807, 2.05) is 56.3 Å². The quantitative estimate of drug-likeness (QED) is 0.267. The molecule has 196 valence electrons. The molecule has 0 bridgehead atoms. The number of carbonyl (C=O) groups excluding carboxylic acids is 2. The summed E-state index contributed by atoms with van der Waals surface area (Å²) in [5.41, 5.74) is 6.10. The normalized spacial score (nSPS) is 10.9. The van der Waals surface area contributed by atoms with Gasteiger partial charge in [0.15, 0.2) is 0 Å². The van der Waals surface area contributed by atoms with Crippen molar-refractivity contribution >= 4 is 17.6 Å². The number of carbonyl (C=O) groups is 2. The number of aryl methyl sites for hydroxylation is 1. The summed E-state index contributed by atoms with van der Waals surface area (Å²) in [5.74, 6) is 0.631. The van der Waals surface area contributed by atoms with E-state index in [1.54, 1.807) is 22.9 Å². The zero-order chi connectivity index (χ0) is 27.2. The van der Waals surface area contributed by atoms with E-state index in [4.69, 9.17) is 9.47 Å². The third kappa shape index (κ3) is 6.11. The molecule has 4 aromatic rings. The number of nitrogens with one attached hydrogen (secondary N) is 1.